The molecule has 0 heterocycles. The zero-order valence-corrected chi connectivity index (χ0v) is 19.1. The van der Waals surface area contributed by atoms with Gasteiger partial charge in [0.1, 0.15) is 5.75 Å². The second kappa shape index (κ2) is 10.1. The summed E-state index contributed by atoms with van der Waals surface area (Å²) < 4.78 is 23.7. The highest BCUT2D eigenvalue weighted by molar-refractivity contribution is 7.47. The largest absolute Gasteiger partial charge is 0.527 e. The van der Waals surface area contributed by atoms with Crippen LogP contribution in [0, 0.1) is 5.41 Å². The Hall–Kier alpha value is -0.830. The lowest BCUT2D eigenvalue weighted by molar-refractivity contribution is 0.125. The second-order valence-corrected chi connectivity index (χ2v) is 10.6. The van der Waals surface area contributed by atoms with Crippen molar-refractivity contribution in [1.82, 2.24) is 0 Å². The molecule has 1 N–H and O–H groups in total. The van der Waals surface area contributed by atoms with E-state index in [4.69, 9.17) is 9.05 Å². The lowest BCUT2D eigenvalue weighted by Gasteiger charge is -2.34. The highest BCUT2D eigenvalue weighted by Gasteiger charge is 2.33. The molecule has 0 spiro atoms. The van der Waals surface area contributed by atoms with Gasteiger partial charge in [-0.2, -0.15) is 0 Å². The number of phosphoric acid groups is 1. The van der Waals surface area contributed by atoms with Gasteiger partial charge >= 0.3 is 7.82 Å². The zero-order valence-electron chi connectivity index (χ0n) is 18.2. The van der Waals surface area contributed by atoms with Gasteiger partial charge in [-0.05, 0) is 36.2 Å². The SMILES string of the molecule is CCCCCC(CC)OP(=O)(O)Oc1ccccc1C(C)(C)CC(C)(C)C. The summed E-state index contributed by atoms with van der Waals surface area (Å²) in [5.41, 5.74) is 0.861. The Morgan fingerprint density at radius 1 is 1.07 bits per heavy atom. The monoisotopic (exact) mass is 398 g/mol. The van der Waals surface area contributed by atoms with E-state index in [9.17, 15) is 9.46 Å². The number of unbranched alkanes of at least 4 members (excludes halogenated alkanes) is 2. The van der Waals surface area contributed by atoms with Crippen LogP contribution >= 0.6 is 7.82 Å². The minimum Gasteiger partial charge on any atom is -0.404 e. The maximum Gasteiger partial charge on any atom is 0.527 e. The topological polar surface area (TPSA) is 55.8 Å². The van der Waals surface area contributed by atoms with Gasteiger partial charge in [0.25, 0.3) is 0 Å². The zero-order chi connectivity index (χ0) is 20.7. The van der Waals surface area contributed by atoms with E-state index in [1.807, 2.05) is 25.1 Å². The van der Waals surface area contributed by atoms with Crippen LogP contribution in [0.5, 0.6) is 5.75 Å². The van der Waals surface area contributed by atoms with E-state index in [0.717, 1.165) is 37.7 Å². The summed E-state index contributed by atoms with van der Waals surface area (Å²) in [6.45, 7) is 15.0. The lowest BCUT2D eigenvalue weighted by atomic mass is 9.72. The Bertz CT molecular complexity index is 619. The molecule has 0 aliphatic heterocycles. The van der Waals surface area contributed by atoms with E-state index in [0.29, 0.717) is 12.2 Å². The molecule has 4 nitrogen and oxygen atoms in total. The Kier molecular flexibility index (Phi) is 9.05. The fourth-order valence-corrected chi connectivity index (χ4v) is 4.90. The Labute approximate surface area is 166 Å². The molecular formula is C22H39O4P. The van der Waals surface area contributed by atoms with Gasteiger partial charge in [0.2, 0.25) is 0 Å². The summed E-state index contributed by atoms with van der Waals surface area (Å²) >= 11 is 0. The molecule has 0 aliphatic carbocycles. The molecule has 0 amide bonds. The first-order valence-corrected chi connectivity index (χ1v) is 11.7. The summed E-state index contributed by atoms with van der Waals surface area (Å²) in [6, 6.07) is 7.49. The van der Waals surface area contributed by atoms with E-state index in [-0.39, 0.29) is 16.9 Å². The van der Waals surface area contributed by atoms with Crippen LogP contribution in [0.4, 0.5) is 0 Å². The Morgan fingerprint density at radius 3 is 2.26 bits per heavy atom. The molecule has 27 heavy (non-hydrogen) atoms. The summed E-state index contributed by atoms with van der Waals surface area (Å²) in [7, 11) is -4.18. The molecule has 1 aromatic rings. The van der Waals surface area contributed by atoms with Gasteiger partial charge in [-0.3, -0.25) is 9.42 Å². The van der Waals surface area contributed by atoms with Crippen LogP contribution in [0.1, 0.15) is 92.6 Å². The van der Waals surface area contributed by atoms with Gasteiger partial charge in [-0.15, -0.1) is 0 Å². The first-order chi connectivity index (χ1) is 12.4. The third-order valence-electron chi connectivity index (χ3n) is 4.67. The van der Waals surface area contributed by atoms with E-state index in [1.165, 1.54) is 0 Å². The maximum atomic E-state index is 12.7. The predicted octanol–water partition coefficient (Wildman–Crippen LogP) is 7.26. The van der Waals surface area contributed by atoms with E-state index >= 15 is 0 Å². The van der Waals surface area contributed by atoms with Crippen molar-refractivity contribution in [2.45, 2.75) is 98.5 Å². The van der Waals surface area contributed by atoms with E-state index in [1.54, 1.807) is 6.07 Å². The molecule has 0 aromatic heterocycles. The second-order valence-electron chi connectivity index (χ2n) is 9.31. The quantitative estimate of drug-likeness (QED) is 0.315. The lowest BCUT2D eigenvalue weighted by Crippen LogP contribution is -2.25. The highest BCUT2D eigenvalue weighted by atomic mass is 31.2. The maximum absolute atomic E-state index is 12.7. The van der Waals surface area contributed by atoms with Crippen LogP contribution < -0.4 is 4.52 Å². The molecule has 0 radical (unpaired) electrons. The van der Waals surface area contributed by atoms with Crippen LogP contribution in [0.2, 0.25) is 0 Å². The molecule has 0 aliphatic rings. The number of benzene rings is 1. The van der Waals surface area contributed by atoms with Crippen molar-refractivity contribution in [3.8, 4) is 5.75 Å². The minimum atomic E-state index is -4.18. The van der Waals surface area contributed by atoms with Crippen molar-refractivity contribution in [3.05, 3.63) is 29.8 Å². The highest BCUT2D eigenvalue weighted by Crippen LogP contribution is 2.49. The number of rotatable bonds is 11. The standard InChI is InChI=1S/C22H39O4P/c1-8-10-11-14-18(9-2)25-27(23,24)26-20-16-13-12-15-19(20)22(6,7)17-21(3,4)5/h12-13,15-16,18H,8-11,14,17H2,1-7H3,(H,23,24). The molecule has 2 atom stereocenters. The average Bonchev–Trinajstić information content (AvgIpc) is 2.51. The van der Waals surface area contributed by atoms with Crippen LogP contribution in [-0.4, -0.2) is 11.0 Å². The van der Waals surface area contributed by atoms with Crippen molar-refractivity contribution in [2.24, 2.45) is 5.41 Å². The molecular weight excluding hydrogens is 359 g/mol. The van der Waals surface area contributed by atoms with Gasteiger partial charge in [-0.1, -0.05) is 85.9 Å². The minimum absolute atomic E-state index is 0.128. The van der Waals surface area contributed by atoms with Crippen molar-refractivity contribution < 1.29 is 18.5 Å². The first-order valence-electron chi connectivity index (χ1n) is 10.2. The molecule has 0 bridgehead atoms. The molecule has 1 rings (SSSR count). The van der Waals surface area contributed by atoms with Crippen molar-refractivity contribution >= 4 is 7.82 Å². The van der Waals surface area contributed by atoms with Gasteiger partial charge in [0.15, 0.2) is 0 Å². The van der Waals surface area contributed by atoms with Gasteiger partial charge in [0, 0.05) is 5.56 Å². The summed E-state index contributed by atoms with van der Waals surface area (Å²) in [5.74, 6) is 0.431. The van der Waals surface area contributed by atoms with E-state index < -0.39 is 7.82 Å². The summed E-state index contributed by atoms with van der Waals surface area (Å²) in [6.07, 6.45) is 5.32. The first kappa shape index (κ1) is 24.2. The van der Waals surface area contributed by atoms with Gasteiger partial charge in [-0.25, -0.2) is 4.57 Å². The number of phosphoric ester groups is 1. The smallest absolute Gasteiger partial charge is 0.404 e. The third kappa shape index (κ3) is 8.81. The average molecular weight is 399 g/mol. The fraction of sp³-hybridized carbons (Fsp3) is 0.727. The van der Waals surface area contributed by atoms with Crippen LogP contribution in [0.15, 0.2) is 24.3 Å². The molecule has 5 heteroatoms. The van der Waals surface area contributed by atoms with Crippen LogP contribution in [0.3, 0.4) is 0 Å². The molecule has 2 unspecified atom stereocenters. The number of hydrogen-bond donors (Lipinski definition) is 1. The predicted molar refractivity (Wildman–Crippen MR) is 113 cm³/mol. The van der Waals surface area contributed by atoms with Crippen molar-refractivity contribution in [2.75, 3.05) is 0 Å². The Morgan fingerprint density at radius 2 is 1.70 bits per heavy atom. The van der Waals surface area contributed by atoms with Gasteiger partial charge in [0.05, 0.1) is 6.10 Å². The fourth-order valence-electron chi connectivity index (χ4n) is 3.81. The normalized spacial score (nSPS) is 16.0. The molecule has 0 fully saturated rings. The van der Waals surface area contributed by atoms with Crippen molar-refractivity contribution in [3.63, 3.8) is 0 Å². The van der Waals surface area contributed by atoms with Crippen LogP contribution in [0.25, 0.3) is 0 Å². The van der Waals surface area contributed by atoms with E-state index in [2.05, 4.69) is 41.5 Å². The molecule has 156 valence electrons. The molecule has 1 aromatic carbocycles. The third-order valence-corrected chi connectivity index (χ3v) is 5.66. The molecule has 0 saturated heterocycles. The summed E-state index contributed by atoms with van der Waals surface area (Å²) in [5, 5.41) is 0. The number of para-hydroxylation sites is 1. The summed E-state index contributed by atoms with van der Waals surface area (Å²) in [4.78, 5) is 10.4. The molecule has 0 saturated carbocycles. The van der Waals surface area contributed by atoms with Crippen LogP contribution in [-0.2, 0) is 14.5 Å². The van der Waals surface area contributed by atoms with Gasteiger partial charge < -0.3 is 4.52 Å². The van der Waals surface area contributed by atoms with Crippen molar-refractivity contribution in [1.29, 1.82) is 0 Å². The number of hydrogen-bond acceptors (Lipinski definition) is 3. The Balaban J connectivity index is 2.96.